The molecule has 27 heavy (non-hydrogen) atoms. The van der Waals surface area contributed by atoms with Gasteiger partial charge in [-0.05, 0) is 6.42 Å². The Hall–Kier alpha value is -1.16. The highest BCUT2D eigenvalue weighted by Gasteiger charge is 2.06. The van der Waals surface area contributed by atoms with Crippen LogP contribution in [0, 0.1) is 0 Å². The molecule has 0 amide bonds. The Morgan fingerprint density at radius 3 is 1.37 bits per heavy atom. The summed E-state index contributed by atoms with van der Waals surface area (Å²) >= 11 is 0. The van der Waals surface area contributed by atoms with Gasteiger partial charge in [0.2, 0.25) is 0 Å². The Morgan fingerprint density at radius 1 is 0.741 bits per heavy atom. The summed E-state index contributed by atoms with van der Waals surface area (Å²) in [6.45, 7) is 6.12. The van der Waals surface area contributed by atoms with Crippen LogP contribution in [0.5, 0.6) is 0 Å². The maximum Gasteiger partial charge on any atom is 0.651 e. The third-order valence-corrected chi connectivity index (χ3v) is 3.43. The number of hydroxylamine groups is 1. The molecule has 0 aromatic heterocycles. The van der Waals surface area contributed by atoms with Crippen molar-refractivity contribution in [2.45, 2.75) is 97.8 Å². The second-order valence-corrected chi connectivity index (χ2v) is 6.02. The molecule has 0 aliphatic rings. The monoisotopic (exact) mass is 393 g/mol. The number of hydrogen-bond acceptors (Lipinski definition) is 6. The Labute approximate surface area is 164 Å². The zero-order chi connectivity index (χ0) is 21.3. The first-order chi connectivity index (χ1) is 12.8. The van der Waals surface area contributed by atoms with Gasteiger partial charge < -0.3 is 25.0 Å². The van der Waals surface area contributed by atoms with Crippen LogP contribution in [-0.2, 0) is 14.3 Å². The van der Waals surface area contributed by atoms with Gasteiger partial charge in [0.25, 0.3) is 0 Å². The van der Waals surface area contributed by atoms with Gasteiger partial charge in [-0.15, -0.1) is 0 Å². The van der Waals surface area contributed by atoms with Crippen molar-refractivity contribution >= 4 is 19.3 Å². The van der Waals surface area contributed by atoms with Crippen molar-refractivity contribution in [3.8, 4) is 0 Å². The molecule has 0 saturated heterocycles. The predicted octanol–water partition coefficient (Wildman–Crippen LogP) is 3.36. The van der Waals surface area contributed by atoms with Gasteiger partial charge in [-0.2, -0.15) is 0 Å². The molecular formula is C18H40BNO7. The zero-order valence-electron chi connectivity index (χ0n) is 17.3. The third-order valence-electron chi connectivity index (χ3n) is 3.43. The molecule has 0 heterocycles. The Kier molecular flexibility index (Phi) is 30.6. The molecule has 0 bridgehead atoms. The van der Waals surface area contributed by atoms with Gasteiger partial charge in [0.15, 0.2) is 0 Å². The maximum absolute atomic E-state index is 9.37. The van der Waals surface area contributed by atoms with Crippen LogP contribution >= 0.6 is 0 Å². The standard InChI is InChI=1S/C12H28BNO3.2C3H6O2/c1-2-3-4-5-6-7-8-9-10-11-12-14-17-13(15)16;2*1-2-3(4)5/h14-16H,2-12H2,1H3;2*2H2,1H3,(H,4,5). The van der Waals surface area contributed by atoms with E-state index in [9.17, 15) is 9.59 Å². The highest BCUT2D eigenvalue weighted by Crippen LogP contribution is 2.10. The van der Waals surface area contributed by atoms with Crippen LogP contribution in [0.2, 0.25) is 0 Å². The van der Waals surface area contributed by atoms with Gasteiger partial charge >= 0.3 is 19.3 Å². The number of aliphatic carboxylic acids is 2. The minimum Gasteiger partial charge on any atom is -0.481 e. The van der Waals surface area contributed by atoms with E-state index < -0.39 is 19.3 Å². The summed E-state index contributed by atoms with van der Waals surface area (Å²) in [6.07, 6.45) is 13.4. The van der Waals surface area contributed by atoms with Crippen molar-refractivity contribution in [3.63, 3.8) is 0 Å². The number of unbranched alkanes of at least 4 members (excludes halogenated alkanes) is 9. The molecule has 0 aromatic carbocycles. The number of hydrogen-bond donors (Lipinski definition) is 5. The van der Waals surface area contributed by atoms with Crippen LogP contribution < -0.4 is 5.48 Å². The quantitative estimate of drug-likeness (QED) is 0.162. The van der Waals surface area contributed by atoms with Crippen LogP contribution in [0.3, 0.4) is 0 Å². The molecule has 0 rings (SSSR count). The van der Waals surface area contributed by atoms with Gasteiger partial charge in [-0.25, -0.2) is 5.48 Å². The number of carboxylic acids is 2. The van der Waals surface area contributed by atoms with Crippen molar-refractivity contribution in [3.05, 3.63) is 0 Å². The highest BCUT2D eigenvalue weighted by molar-refractivity contribution is 6.32. The molecule has 162 valence electrons. The fraction of sp³-hybridized carbons (Fsp3) is 0.889. The highest BCUT2D eigenvalue weighted by atomic mass is 16.7. The fourth-order valence-electron chi connectivity index (χ4n) is 1.82. The summed E-state index contributed by atoms with van der Waals surface area (Å²) in [6, 6.07) is 0. The second kappa shape index (κ2) is 27.1. The van der Waals surface area contributed by atoms with E-state index in [1.54, 1.807) is 13.8 Å². The predicted molar refractivity (Wildman–Crippen MR) is 107 cm³/mol. The van der Waals surface area contributed by atoms with Crippen LogP contribution in [0.1, 0.15) is 97.8 Å². The molecule has 9 heteroatoms. The van der Waals surface area contributed by atoms with Gasteiger partial charge in [-0.1, -0.05) is 78.6 Å². The lowest BCUT2D eigenvalue weighted by molar-refractivity contribution is -0.137. The summed E-state index contributed by atoms with van der Waals surface area (Å²) in [5.41, 5.74) is 2.51. The van der Waals surface area contributed by atoms with Gasteiger partial charge in [0.1, 0.15) is 0 Å². The van der Waals surface area contributed by atoms with Crippen LogP contribution in [-0.4, -0.2) is 46.1 Å². The first-order valence-corrected chi connectivity index (χ1v) is 9.99. The zero-order valence-corrected chi connectivity index (χ0v) is 17.3. The van der Waals surface area contributed by atoms with Crippen molar-refractivity contribution < 1.29 is 34.6 Å². The molecule has 5 N–H and O–H groups in total. The molecule has 0 atom stereocenters. The van der Waals surface area contributed by atoms with Crippen molar-refractivity contribution in [2.75, 3.05) is 6.54 Å². The molecule has 0 spiro atoms. The normalized spacial score (nSPS) is 9.52. The lowest BCUT2D eigenvalue weighted by Crippen LogP contribution is -2.28. The molecular weight excluding hydrogens is 353 g/mol. The molecule has 0 unspecified atom stereocenters. The van der Waals surface area contributed by atoms with E-state index >= 15 is 0 Å². The van der Waals surface area contributed by atoms with Crippen LogP contribution in [0.25, 0.3) is 0 Å². The van der Waals surface area contributed by atoms with E-state index in [4.69, 9.17) is 20.3 Å². The molecule has 8 nitrogen and oxygen atoms in total. The fourth-order valence-corrected chi connectivity index (χ4v) is 1.82. The Morgan fingerprint density at radius 2 is 1.07 bits per heavy atom. The smallest absolute Gasteiger partial charge is 0.481 e. The maximum atomic E-state index is 9.37. The minimum atomic E-state index is -1.71. The van der Waals surface area contributed by atoms with E-state index in [1.807, 2.05) is 0 Å². The van der Waals surface area contributed by atoms with Gasteiger partial charge in [-0.3, -0.25) is 9.59 Å². The topological polar surface area (TPSA) is 136 Å². The molecule has 0 aliphatic carbocycles. The third kappa shape index (κ3) is 45.7. The SMILES string of the molecule is CCC(=O)O.CCC(=O)O.CCCCCCCCCCCCNOB(O)O. The Balaban J connectivity index is -0.000000471. The number of nitrogens with one attached hydrogen (secondary N) is 1. The Bertz CT molecular complexity index is 304. The van der Waals surface area contributed by atoms with E-state index in [2.05, 4.69) is 17.2 Å². The van der Waals surface area contributed by atoms with Crippen molar-refractivity contribution in [1.82, 2.24) is 5.48 Å². The van der Waals surface area contributed by atoms with Gasteiger partial charge in [0, 0.05) is 19.4 Å². The largest absolute Gasteiger partial charge is 0.651 e. The second-order valence-electron chi connectivity index (χ2n) is 6.02. The van der Waals surface area contributed by atoms with Crippen LogP contribution in [0.15, 0.2) is 0 Å². The molecule has 0 aliphatic heterocycles. The molecule has 0 radical (unpaired) electrons. The summed E-state index contributed by atoms with van der Waals surface area (Å²) < 4.78 is 4.39. The molecule has 0 saturated carbocycles. The van der Waals surface area contributed by atoms with E-state index in [0.717, 1.165) is 6.42 Å². The first-order valence-electron chi connectivity index (χ1n) is 9.99. The van der Waals surface area contributed by atoms with Gasteiger partial charge in [0.05, 0.1) is 0 Å². The lowest BCUT2D eigenvalue weighted by atomic mass is 10.1. The van der Waals surface area contributed by atoms with Crippen LogP contribution in [0.4, 0.5) is 0 Å². The molecule has 0 aromatic rings. The average Bonchev–Trinajstić information content (AvgIpc) is 2.63. The van der Waals surface area contributed by atoms with Crippen molar-refractivity contribution in [1.29, 1.82) is 0 Å². The summed E-state index contributed by atoms with van der Waals surface area (Å²) in [5, 5.41) is 32.2. The first kappa shape index (κ1) is 30.6. The summed E-state index contributed by atoms with van der Waals surface area (Å²) in [7, 11) is -1.71. The summed E-state index contributed by atoms with van der Waals surface area (Å²) in [5.74, 6) is -1.49. The molecule has 0 fully saturated rings. The minimum absolute atomic E-state index is 0.222. The number of rotatable bonds is 15. The summed E-state index contributed by atoms with van der Waals surface area (Å²) in [4.78, 5) is 18.7. The average molecular weight is 393 g/mol. The number of carboxylic acid groups (broad SMARTS) is 2. The van der Waals surface area contributed by atoms with E-state index in [0.29, 0.717) is 6.54 Å². The number of carbonyl (C=O) groups is 2. The van der Waals surface area contributed by atoms with Crippen molar-refractivity contribution in [2.24, 2.45) is 0 Å². The lowest BCUT2D eigenvalue weighted by Gasteiger charge is -2.04. The van der Waals surface area contributed by atoms with E-state index in [-0.39, 0.29) is 12.8 Å². The van der Waals surface area contributed by atoms with E-state index in [1.165, 1.54) is 57.8 Å².